The molecule has 0 aromatic carbocycles. The van der Waals surface area contributed by atoms with Gasteiger partial charge in [0.1, 0.15) is 5.66 Å². The summed E-state index contributed by atoms with van der Waals surface area (Å²) in [6.07, 6.45) is 2.71. The number of hydrogen-bond donors (Lipinski definition) is 1. The smallest absolute Gasteiger partial charge is 0.107 e. The predicted molar refractivity (Wildman–Crippen MR) is 55.6 cm³/mol. The monoisotopic (exact) mass is 195 g/mol. The lowest BCUT2D eigenvalue weighted by Gasteiger charge is -2.29. The van der Waals surface area contributed by atoms with Crippen molar-refractivity contribution >= 4 is 17.6 Å². The molecule has 1 aromatic rings. The van der Waals surface area contributed by atoms with E-state index in [4.69, 9.17) is 5.73 Å². The Balaban J connectivity index is 2.07. The zero-order valence-corrected chi connectivity index (χ0v) is 8.42. The van der Waals surface area contributed by atoms with Crippen LogP contribution in [0.2, 0.25) is 0 Å². The van der Waals surface area contributed by atoms with E-state index < -0.39 is 0 Å². The molecule has 1 aliphatic heterocycles. The number of hydrogen-bond acceptors (Lipinski definition) is 4. The third-order valence-electron chi connectivity index (χ3n) is 2.20. The Bertz CT molecular complexity index is 303. The maximum Gasteiger partial charge on any atom is 0.107 e. The minimum Gasteiger partial charge on any atom is -0.307 e. The second-order valence-corrected chi connectivity index (χ2v) is 4.53. The van der Waals surface area contributed by atoms with Gasteiger partial charge in [-0.25, -0.2) is 0 Å². The van der Waals surface area contributed by atoms with Crippen molar-refractivity contribution in [2.45, 2.75) is 25.6 Å². The Hall–Kier alpha value is -0.870. The van der Waals surface area contributed by atoms with Gasteiger partial charge in [0, 0.05) is 17.5 Å². The SMILES string of the molecule is C[C@@]1(N)CC=NN1Cc1cccs1. The molecule has 1 aromatic heterocycles. The molecule has 0 bridgehead atoms. The van der Waals surface area contributed by atoms with Crippen molar-refractivity contribution in [3.8, 4) is 0 Å². The molecular formula is C9H13N3S. The van der Waals surface area contributed by atoms with Gasteiger partial charge in [-0.05, 0) is 18.4 Å². The van der Waals surface area contributed by atoms with Crippen molar-refractivity contribution in [2.75, 3.05) is 0 Å². The van der Waals surface area contributed by atoms with Gasteiger partial charge >= 0.3 is 0 Å². The molecule has 0 radical (unpaired) electrons. The zero-order valence-electron chi connectivity index (χ0n) is 7.60. The topological polar surface area (TPSA) is 41.6 Å². The summed E-state index contributed by atoms with van der Waals surface area (Å²) >= 11 is 1.74. The number of nitrogens with zero attached hydrogens (tertiary/aromatic N) is 2. The molecule has 0 unspecified atom stereocenters. The van der Waals surface area contributed by atoms with Crippen LogP contribution in [0.5, 0.6) is 0 Å². The number of nitrogens with two attached hydrogens (primary N) is 1. The van der Waals surface area contributed by atoms with E-state index in [0.29, 0.717) is 0 Å². The van der Waals surface area contributed by atoms with Crippen LogP contribution >= 0.6 is 11.3 Å². The first-order valence-electron chi connectivity index (χ1n) is 4.30. The van der Waals surface area contributed by atoms with E-state index in [1.807, 2.05) is 24.2 Å². The van der Waals surface area contributed by atoms with Crippen LogP contribution in [0.3, 0.4) is 0 Å². The molecule has 0 fully saturated rings. The minimum atomic E-state index is -0.302. The quantitative estimate of drug-likeness (QED) is 0.779. The molecule has 0 saturated carbocycles. The summed E-state index contributed by atoms with van der Waals surface area (Å²) < 4.78 is 0. The first-order valence-corrected chi connectivity index (χ1v) is 5.18. The van der Waals surface area contributed by atoms with Crippen molar-refractivity contribution in [2.24, 2.45) is 10.8 Å². The van der Waals surface area contributed by atoms with Gasteiger partial charge in [-0.1, -0.05) is 6.07 Å². The van der Waals surface area contributed by atoms with Gasteiger partial charge < -0.3 is 5.73 Å². The van der Waals surface area contributed by atoms with Crippen LogP contribution in [0.1, 0.15) is 18.2 Å². The largest absolute Gasteiger partial charge is 0.307 e. The van der Waals surface area contributed by atoms with E-state index in [0.717, 1.165) is 13.0 Å². The van der Waals surface area contributed by atoms with Crippen LogP contribution in [0.25, 0.3) is 0 Å². The second-order valence-electron chi connectivity index (χ2n) is 3.50. The Morgan fingerprint density at radius 2 is 2.62 bits per heavy atom. The van der Waals surface area contributed by atoms with E-state index in [-0.39, 0.29) is 5.66 Å². The molecule has 4 heteroatoms. The van der Waals surface area contributed by atoms with Crippen LogP contribution in [-0.2, 0) is 6.54 Å². The maximum atomic E-state index is 6.04. The lowest BCUT2D eigenvalue weighted by Crippen LogP contribution is -2.47. The molecule has 1 aliphatic rings. The molecule has 0 amide bonds. The van der Waals surface area contributed by atoms with Gasteiger partial charge in [0.2, 0.25) is 0 Å². The molecule has 0 saturated heterocycles. The highest BCUT2D eigenvalue weighted by atomic mass is 32.1. The summed E-state index contributed by atoms with van der Waals surface area (Å²) in [7, 11) is 0. The van der Waals surface area contributed by atoms with Gasteiger partial charge in [0.25, 0.3) is 0 Å². The van der Waals surface area contributed by atoms with Crippen LogP contribution in [-0.4, -0.2) is 16.9 Å². The van der Waals surface area contributed by atoms with E-state index in [1.165, 1.54) is 4.88 Å². The van der Waals surface area contributed by atoms with Crippen molar-refractivity contribution in [3.63, 3.8) is 0 Å². The summed E-state index contributed by atoms with van der Waals surface area (Å²) in [6, 6.07) is 4.15. The van der Waals surface area contributed by atoms with E-state index >= 15 is 0 Å². The van der Waals surface area contributed by atoms with Gasteiger partial charge in [-0.15, -0.1) is 11.3 Å². The summed E-state index contributed by atoms with van der Waals surface area (Å²) in [4.78, 5) is 1.30. The Kier molecular flexibility index (Phi) is 2.09. The molecule has 0 aliphatic carbocycles. The van der Waals surface area contributed by atoms with Gasteiger partial charge in [0.05, 0.1) is 6.54 Å². The molecule has 0 spiro atoms. The average Bonchev–Trinajstić information content (AvgIpc) is 2.63. The Morgan fingerprint density at radius 3 is 3.15 bits per heavy atom. The van der Waals surface area contributed by atoms with Crippen molar-refractivity contribution in [3.05, 3.63) is 22.4 Å². The van der Waals surface area contributed by atoms with Crippen molar-refractivity contribution < 1.29 is 0 Å². The predicted octanol–water partition coefficient (Wildman–Crippen LogP) is 1.61. The summed E-state index contributed by atoms with van der Waals surface area (Å²) in [5.41, 5.74) is 5.74. The summed E-state index contributed by atoms with van der Waals surface area (Å²) in [6.45, 7) is 2.83. The number of rotatable bonds is 2. The third kappa shape index (κ3) is 1.73. The fraction of sp³-hybridized carbons (Fsp3) is 0.444. The van der Waals surface area contributed by atoms with Crippen LogP contribution in [0.15, 0.2) is 22.6 Å². The lowest BCUT2D eigenvalue weighted by molar-refractivity contribution is 0.134. The average molecular weight is 195 g/mol. The van der Waals surface area contributed by atoms with Crippen LogP contribution in [0, 0.1) is 0 Å². The zero-order chi connectivity index (χ0) is 9.31. The lowest BCUT2D eigenvalue weighted by atomic mass is 10.1. The van der Waals surface area contributed by atoms with Gasteiger partial charge in [0.15, 0.2) is 0 Å². The standard InChI is InChI=1S/C9H13N3S/c1-9(10)4-5-11-12(9)7-8-3-2-6-13-8/h2-3,5-6H,4,7,10H2,1H3/t9-/m0/s1. The van der Waals surface area contributed by atoms with E-state index in [9.17, 15) is 0 Å². The first-order chi connectivity index (χ1) is 6.18. The molecule has 1 atom stereocenters. The molecule has 2 rings (SSSR count). The molecule has 2 heterocycles. The molecule has 2 N–H and O–H groups in total. The summed E-state index contributed by atoms with van der Waals surface area (Å²) in [5.74, 6) is 0. The van der Waals surface area contributed by atoms with E-state index in [1.54, 1.807) is 11.3 Å². The fourth-order valence-corrected chi connectivity index (χ4v) is 2.02. The molecule has 3 nitrogen and oxygen atoms in total. The highest BCUT2D eigenvalue weighted by molar-refractivity contribution is 7.09. The Morgan fingerprint density at radius 1 is 1.77 bits per heavy atom. The van der Waals surface area contributed by atoms with Gasteiger partial charge in [-0.3, -0.25) is 5.01 Å². The fourth-order valence-electron chi connectivity index (χ4n) is 1.33. The van der Waals surface area contributed by atoms with Crippen LogP contribution < -0.4 is 5.73 Å². The van der Waals surface area contributed by atoms with Gasteiger partial charge in [-0.2, -0.15) is 5.10 Å². The summed E-state index contributed by atoms with van der Waals surface area (Å²) in [5, 5.41) is 8.27. The normalized spacial score (nSPS) is 27.1. The van der Waals surface area contributed by atoms with E-state index in [2.05, 4.69) is 16.5 Å². The van der Waals surface area contributed by atoms with Crippen LogP contribution in [0.4, 0.5) is 0 Å². The minimum absolute atomic E-state index is 0.302. The van der Waals surface area contributed by atoms with Crippen molar-refractivity contribution in [1.82, 2.24) is 5.01 Å². The molecule has 13 heavy (non-hydrogen) atoms. The highest BCUT2D eigenvalue weighted by Crippen LogP contribution is 2.22. The van der Waals surface area contributed by atoms with Crippen molar-refractivity contribution in [1.29, 1.82) is 0 Å². The maximum absolute atomic E-state index is 6.04. The third-order valence-corrected chi connectivity index (χ3v) is 3.06. The second kappa shape index (κ2) is 3.12. The Labute approximate surface area is 81.9 Å². The molecule has 70 valence electrons. The highest BCUT2D eigenvalue weighted by Gasteiger charge is 2.29. The molecular weight excluding hydrogens is 182 g/mol. The number of hydrazone groups is 1. The first kappa shape index (κ1) is 8.72. The number of thiophene rings is 1.